The average Bonchev–Trinajstić information content (AvgIpc) is 3.02. The number of aromatic nitrogens is 1. The second-order valence-corrected chi connectivity index (χ2v) is 8.82. The molecule has 0 fully saturated rings. The zero-order chi connectivity index (χ0) is 21.0. The maximum Gasteiger partial charge on any atom is 0.317 e. The van der Waals surface area contributed by atoms with Gasteiger partial charge in [-0.25, -0.2) is 4.99 Å². The van der Waals surface area contributed by atoms with Gasteiger partial charge in [0.2, 0.25) is 5.72 Å². The van der Waals surface area contributed by atoms with Crippen LogP contribution in [0.1, 0.15) is 24.1 Å². The first kappa shape index (κ1) is 19.1. The molecule has 0 N–H and O–H groups in total. The number of ether oxygens (including phenoxy) is 2. The number of halogens is 1. The molecule has 2 aliphatic rings. The highest BCUT2D eigenvalue weighted by atomic mass is 35.5. The van der Waals surface area contributed by atoms with Crippen LogP contribution in [0.5, 0.6) is 5.75 Å². The lowest BCUT2D eigenvalue weighted by Gasteiger charge is -2.44. The summed E-state index contributed by atoms with van der Waals surface area (Å²) in [5, 5.41) is 0.626. The SMILES string of the molecule is COC(=O)[C@H]1[C@H]2c3ccccc3O[C@]1(C)N=c1s/c(=C\c3ccc(Cl)cc3)c(=O)n12. The Bertz CT molecular complexity index is 1340. The minimum absolute atomic E-state index is 0.202. The number of carbonyl (C=O) groups excluding carboxylic acids is 1. The predicted octanol–water partition coefficient (Wildman–Crippen LogP) is 2.51. The maximum atomic E-state index is 13.4. The van der Waals surface area contributed by atoms with E-state index in [1.807, 2.05) is 36.4 Å². The van der Waals surface area contributed by atoms with Crippen molar-refractivity contribution < 1.29 is 14.3 Å². The van der Waals surface area contributed by atoms with Crippen molar-refractivity contribution in [2.24, 2.45) is 10.9 Å². The summed E-state index contributed by atoms with van der Waals surface area (Å²) in [6.45, 7) is 1.76. The predicted molar refractivity (Wildman–Crippen MR) is 113 cm³/mol. The van der Waals surface area contributed by atoms with Gasteiger partial charge in [0.25, 0.3) is 5.56 Å². The van der Waals surface area contributed by atoms with E-state index in [4.69, 9.17) is 26.1 Å². The van der Waals surface area contributed by atoms with Gasteiger partial charge in [-0.1, -0.05) is 53.3 Å². The number of benzene rings is 2. The highest BCUT2D eigenvalue weighted by Gasteiger charge is 2.55. The van der Waals surface area contributed by atoms with E-state index < -0.39 is 23.7 Å². The third-order valence-corrected chi connectivity index (χ3v) is 6.74. The van der Waals surface area contributed by atoms with Crippen molar-refractivity contribution in [3.05, 3.63) is 84.4 Å². The minimum Gasteiger partial charge on any atom is -0.469 e. The van der Waals surface area contributed by atoms with Gasteiger partial charge in [-0.2, -0.15) is 0 Å². The van der Waals surface area contributed by atoms with E-state index in [1.54, 1.807) is 29.7 Å². The smallest absolute Gasteiger partial charge is 0.317 e. The molecule has 30 heavy (non-hydrogen) atoms. The van der Waals surface area contributed by atoms with Crippen LogP contribution in [0.2, 0.25) is 5.02 Å². The number of rotatable bonds is 2. The Balaban J connectivity index is 1.79. The van der Waals surface area contributed by atoms with Crippen LogP contribution in [0.4, 0.5) is 0 Å². The number of hydrogen-bond donors (Lipinski definition) is 0. The molecule has 152 valence electrons. The van der Waals surface area contributed by atoms with E-state index in [0.29, 0.717) is 20.1 Å². The summed E-state index contributed by atoms with van der Waals surface area (Å²) in [6, 6.07) is 14.1. The fraction of sp³-hybridized carbons (Fsp3) is 0.227. The minimum atomic E-state index is -1.17. The van der Waals surface area contributed by atoms with Crippen molar-refractivity contribution >= 4 is 35.0 Å². The van der Waals surface area contributed by atoms with Gasteiger partial charge < -0.3 is 9.47 Å². The molecule has 2 bridgehead atoms. The number of para-hydroxylation sites is 1. The van der Waals surface area contributed by atoms with Gasteiger partial charge in [0.05, 0.1) is 17.7 Å². The summed E-state index contributed by atoms with van der Waals surface area (Å²) >= 11 is 7.24. The van der Waals surface area contributed by atoms with Crippen molar-refractivity contribution in [3.63, 3.8) is 0 Å². The molecule has 0 aliphatic carbocycles. The fourth-order valence-electron chi connectivity index (χ4n) is 4.14. The lowest BCUT2D eigenvalue weighted by molar-refractivity contribution is -0.158. The van der Waals surface area contributed by atoms with E-state index in [-0.39, 0.29) is 5.56 Å². The zero-order valence-corrected chi connectivity index (χ0v) is 17.7. The molecule has 3 aromatic rings. The summed E-state index contributed by atoms with van der Waals surface area (Å²) < 4.78 is 13.3. The Labute approximate surface area is 180 Å². The van der Waals surface area contributed by atoms with Gasteiger partial charge in [0.1, 0.15) is 11.7 Å². The molecule has 5 rings (SSSR count). The molecule has 3 heterocycles. The van der Waals surface area contributed by atoms with Crippen LogP contribution in [-0.2, 0) is 9.53 Å². The van der Waals surface area contributed by atoms with Crippen molar-refractivity contribution in [1.29, 1.82) is 0 Å². The van der Waals surface area contributed by atoms with Crippen molar-refractivity contribution in [1.82, 2.24) is 4.57 Å². The Hall–Kier alpha value is -2.90. The van der Waals surface area contributed by atoms with E-state index in [2.05, 4.69) is 0 Å². The molecule has 0 amide bonds. The van der Waals surface area contributed by atoms with Crippen LogP contribution < -0.4 is 19.6 Å². The van der Waals surface area contributed by atoms with Gasteiger partial charge in [-0.3, -0.25) is 14.2 Å². The second kappa shape index (κ2) is 6.82. The molecule has 1 aromatic heterocycles. The molecule has 2 aliphatic heterocycles. The van der Waals surface area contributed by atoms with Gasteiger partial charge in [0.15, 0.2) is 4.80 Å². The van der Waals surface area contributed by atoms with Crippen molar-refractivity contribution in [2.75, 3.05) is 7.11 Å². The van der Waals surface area contributed by atoms with Crippen molar-refractivity contribution in [3.8, 4) is 5.75 Å². The van der Waals surface area contributed by atoms with Gasteiger partial charge >= 0.3 is 5.97 Å². The van der Waals surface area contributed by atoms with E-state index in [0.717, 1.165) is 11.1 Å². The molecule has 6 nitrogen and oxygen atoms in total. The molecule has 0 unspecified atom stereocenters. The van der Waals surface area contributed by atoms with Gasteiger partial charge in [-0.15, -0.1) is 0 Å². The zero-order valence-electron chi connectivity index (χ0n) is 16.2. The van der Waals surface area contributed by atoms with E-state index in [1.165, 1.54) is 18.4 Å². The number of hydrogen-bond acceptors (Lipinski definition) is 6. The van der Waals surface area contributed by atoms with Gasteiger partial charge in [0, 0.05) is 10.6 Å². The van der Waals surface area contributed by atoms with Crippen LogP contribution in [0, 0.1) is 5.92 Å². The first-order valence-corrected chi connectivity index (χ1v) is 10.5. The number of methoxy groups -OCH3 is 1. The largest absolute Gasteiger partial charge is 0.469 e. The Morgan fingerprint density at radius 1 is 1.27 bits per heavy atom. The molecule has 3 atom stereocenters. The molecular weight excluding hydrogens is 424 g/mol. The lowest BCUT2D eigenvalue weighted by atomic mass is 9.81. The highest BCUT2D eigenvalue weighted by molar-refractivity contribution is 7.07. The second-order valence-electron chi connectivity index (χ2n) is 7.37. The summed E-state index contributed by atoms with van der Waals surface area (Å²) in [7, 11) is 1.33. The lowest BCUT2D eigenvalue weighted by Crippen LogP contribution is -2.58. The number of fused-ring (bicyclic) bond motifs is 6. The van der Waals surface area contributed by atoms with Crippen LogP contribution >= 0.6 is 22.9 Å². The fourth-order valence-corrected chi connectivity index (χ4v) is 5.37. The normalized spacial score (nSPS) is 24.3. The number of nitrogens with zero attached hydrogens (tertiary/aromatic N) is 2. The third kappa shape index (κ3) is 2.80. The molecule has 0 saturated heterocycles. The Kier molecular flexibility index (Phi) is 4.34. The monoisotopic (exact) mass is 440 g/mol. The standard InChI is InChI=1S/C22H17ClN2O4S/c1-22-17(20(27)28-2)18(14-5-3-4-6-15(14)29-22)25-19(26)16(30-21(25)24-22)11-12-7-9-13(23)10-8-12/h3-11,17-18H,1-2H3/b16-11-/t17-,18-,22+/m1/s1. The van der Waals surface area contributed by atoms with Crippen molar-refractivity contribution in [2.45, 2.75) is 18.7 Å². The van der Waals surface area contributed by atoms with Crippen LogP contribution in [0.3, 0.4) is 0 Å². The first-order valence-electron chi connectivity index (χ1n) is 9.35. The topological polar surface area (TPSA) is 69.9 Å². The van der Waals surface area contributed by atoms with Gasteiger partial charge in [-0.05, 0) is 36.8 Å². The molecule has 8 heteroatoms. The number of thiazole rings is 1. The Morgan fingerprint density at radius 3 is 2.73 bits per heavy atom. The first-order chi connectivity index (χ1) is 14.4. The third-order valence-electron chi connectivity index (χ3n) is 5.50. The Morgan fingerprint density at radius 2 is 2.00 bits per heavy atom. The highest BCUT2D eigenvalue weighted by Crippen LogP contribution is 2.47. The summed E-state index contributed by atoms with van der Waals surface area (Å²) in [5.74, 6) is -0.630. The molecule has 0 radical (unpaired) electrons. The van der Waals surface area contributed by atoms with Crippen LogP contribution in [-0.4, -0.2) is 23.4 Å². The van der Waals surface area contributed by atoms with Crippen LogP contribution in [0.25, 0.3) is 6.08 Å². The number of carbonyl (C=O) groups is 1. The maximum absolute atomic E-state index is 13.4. The molecule has 0 saturated carbocycles. The summed E-state index contributed by atoms with van der Waals surface area (Å²) in [6.07, 6.45) is 1.80. The number of esters is 1. The summed E-state index contributed by atoms with van der Waals surface area (Å²) in [5.41, 5.74) is 0.248. The quantitative estimate of drug-likeness (QED) is 0.574. The van der Waals surface area contributed by atoms with E-state index in [9.17, 15) is 9.59 Å². The van der Waals surface area contributed by atoms with Crippen LogP contribution in [0.15, 0.2) is 58.3 Å². The summed E-state index contributed by atoms with van der Waals surface area (Å²) in [4.78, 5) is 31.4. The van der Waals surface area contributed by atoms with E-state index >= 15 is 0 Å². The average molecular weight is 441 g/mol. The molecular formula is C22H17ClN2O4S. The molecule has 2 aromatic carbocycles. The molecule has 0 spiro atoms.